The first kappa shape index (κ1) is 14.8. The number of ether oxygens (including phenoxy) is 1. The van der Waals surface area contributed by atoms with Crippen LogP contribution in [0, 0.1) is 0 Å². The summed E-state index contributed by atoms with van der Waals surface area (Å²) in [5, 5.41) is 6.52. The first-order chi connectivity index (χ1) is 11.1. The molecule has 0 spiro atoms. The van der Waals surface area contributed by atoms with Gasteiger partial charge in [-0.2, -0.15) is 5.10 Å². The van der Waals surface area contributed by atoms with Crippen molar-refractivity contribution in [1.82, 2.24) is 20.0 Å². The number of urea groups is 1. The summed E-state index contributed by atoms with van der Waals surface area (Å²) >= 11 is 0. The van der Waals surface area contributed by atoms with Crippen molar-refractivity contribution in [2.24, 2.45) is 0 Å². The molecular weight excluding hydrogens is 304 g/mol. The summed E-state index contributed by atoms with van der Waals surface area (Å²) in [7, 11) is 0. The smallest absolute Gasteiger partial charge is 0.374 e. The maximum absolute atomic E-state index is 11.9. The Labute approximate surface area is 130 Å². The molecule has 3 amide bonds. The fourth-order valence-corrected chi connectivity index (χ4v) is 2.11. The molecule has 9 heteroatoms. The standard InChI is InChI=1S/C14H14N4O5/c19-12(18-7-5-15-14(18)21)9-22-13(20)11-3-2-10(23-11)8-17-6-1-4-16-17/h1-4,6H,5,7-9H2,(H,15,21). The molecule has 1 aliphatic heterocycles. The predicted molar refractivity (Wildman–Crippen MR) is 75.4 cm³/mol. The van der Waals surface area contributed by atoms with E-state index in [4.69, 9.17) is 9.15 Å². The molecule has 120 valence electrons. The maximum Gasteiger partial charge on any atom is 0.374 e. The molecule has 9 nitrogen and oxygen atoms in total. The number of carbonyl (C=O) groups is 3. The van der Waals surface area contributed by atoms with E-state index < -0.39 is 24.5 Å². The minimum absolute atomic E-state index is 0.00849. The van der Waals surface area contributed by atoms with Crippen LogP contribution in [0.25, 0.3) is 0 Å². The van der Waals surface area contributed by atoms with Crippen molar-refractivity contribution in [1.29, 1.82) is 0 Å². The molecule has 23 heavy (non-hydrogen) atoms. The Kier molecular flexibility index (Phi) is 4.09. The largest absolute Gasteiger partial charge is 0.452 e. The number of esters is 1. The van der Waals surface area contributed by atoms with Crippen LogP contribution in [0.4, 0.5) is 4.79 Å². The molecule has 2 aromatic heterocycles. The number of aromatic nitrogens is 2. The lowest BCUT2D eigenvalue weighted by Crippen LogP contribution is -2.37. The molecule has 0 bridgehead atoms. The van der Waals surface area contributed by atoms with Crippen LogP contribution in [-0.2, 0) is 16.1 Å². The molecule has 3 rings (SSSR count). The van der Waals surface area contributed by atoms with Crippen molar-refractivity contribution in [3.8, 4) is 0 Å². The number of hydrogen-bond acceptors (Lipinski definition) is 6. The fraction of sp³-hybridized carbons (Fsp3) is 0.286. The van der Waals surface area contributed by atoms with E-state index in [-0.39, 0.29) is 12.3 Å². The number of nitrogens with zero attached hydrogens (tertiary/aromatic N) is 3. The first-order valence-electron chi connectivity index (χ1n) is 6.95. The molecule has 1 aliphatic rings. The zero-order chi connectivity index (χ0) is 16.2. The van der Waals surface area contributed by atoms with Crippen molar-refractivity contribution >= 4 is 17.9 Å². The lowest BCUT2D eigenvalue weighted by Gasteiger charge is -2.11. The molecule has 0 atom stereocenters. The van der Waals surface area contributed by atoms with Gasteiger partial charge in [-0.3, -0.25) is 14.4 Å². The van der Waals surface area contributed by atoms with Gasteiger partial charge in [-0.25, -0.2) is 9.59 Å². The molecule has 0 unspecified atom stereocenters. The van der Waals surface area contributed by atoms with Crippen LogP contribution in [0.3, 0.4) is 0 Å². The minimum Gasteiger partial charge on any atom is -0.452 e. The third kappa shape index (κ3) is 3.39. The molecule has 0 aromatic carbocycles. The molecule has 3 heterocycles. The Bertz CT molecular complexity index is 721. The maximum atomic E-state index is 11.9. The fourth-order valence-electron chi connectivity index (χ4n) is 2.11. The highest BCUT2D eigenvalue weighted by atomic mass is 16.5. The van der Waals surface area contributed by atoms with Crippen LogP contribution in [0.5, 0.6) is 0 Å². The van der Waals surface area contributed by atoms with Crippen molar-refractivity contribution < 1.29 is 23.5 Å². The Morgan fingerprint density at radius 1 is 1.39 bits per heavy atom. The normalized spacial score (nSPS) is 13.9. The first-order valence-corrected chi connectivity index (χ1v) is 6.95. The zero-order valence-electron chi connectivity index (χ0n) is 12.1. The van der Waals surface area contributed by atoms with Gasteiger partial charge in [0.2, 0.25) is 5.76 Å². The van der Waals surface area contributed by atoms with Gasteiger partial charge >= 0.3 is 12.0 Å². The van der Waals surface area contributed by atoms with Crippen molar-refractivity contribution in [2.45, 2.75) is 6.54 Å². The van der Waals surface area contributed by atoms with Gasteiger partial charge in [0, 0.05) is 25.5 Å². The quantitative estimate of drug-likeness (QED) is 0.791. The van der Waals surface area contributed by atoms with E-state index in [0.717, 1.165) is 4.90 Å². The minimum atomic E-state index is -0.760. The summed E-state index contributed by atoms with van der Waals surface area (Å²) in [6, 6.07) is 4.39. The van der Waals surface area contributed by atoms with E-state index >= 15 is 0 Å². The van der Waals surface area contributed by atoms with Gasteiger partial charge in [0.25, 0.3) is 5.91 Å². The van der Waals surface area contributed by atoms with Gasteiger partial charge in [-0.05, 0) is 18.2 Å². The SMILES string of the molecule is O=C(OCC(=O)N1CCNC1=O)c1ccc(Cn2cccn2)o1. The Morgan fingerprint density at radius 2 is 2.26 bits per heavy atom. The molecule has 0 saturated carbocycles. The summed E-state index contributed by atoms with van der Waals surface area (Å²) in [5.74, 6) is -0.807. The van der Waals surface area contributed by atoms with Gasteiger partial charge in [-0.15, -0.1) is 0 Å². The zero-order valence-corrected chi connectivity index (χ0v) is 12.1. The molecule has 1 saturated heterocycles. The van der Waals surface area contributed by atoms with Crippen molar-refractivity contribution in [2.75, 3.05) is 19.7 Å². The van der Waals surface area contributed by atoms with Gasteiger partial charge in [0.1, 0.15) is 5.76 Å². The number of rotatable bonds is 5. The van der Waals surface area contributed by atoms with Crippen LogP contribution in [0.1, 0.15) is 16.3 Å². The van der Waals surface area contributed by atoms with Gasteiger partial charge in [0.15, 0.2) is 6.61 Å². The van der Waals surface area contributed by atoms with E-state index in [1.165, 1.54) is 6.07 Å². The van der Waals surface area contributed by atoms with Gasteiger partial charge < -0.3 is 14.5 Å². The van der Waals surface area contributed by atoms with Crippen LogP contribution >= 0.6 is 0 Å². The number of imide groups is 1. The topological polar surface area (TPSA) is 107 Å². The summed E-state index contributed by atoms with van der Waals surface area (Å²) in [6.07, 6.45) is 3.40. The van der Waals surface area contributed by atoms with E-state index in [1.807, 2.05) is 0 Å². The number of hydrogen-bond donors (Lipinski definition) is 1. The van der Waals surface area contributed by atoms with E-state index in [1.54, 1.807) is 29.2 Å². The van der Waals surface area contributed by atoms with Gasteiger partial charge in [-0.1, -0.05) is 0 Å². The molecule has 0 radical (unpaired) electrons. The lowest BCUT2D eigenvalue weighted by atomic mass is 10.4. The molecule has 1 fully saturated rings. The molecule has 0 aliphatic carbocycles. The molecule has 1 N–H and O–H groups in total. The van der Waals surface area contributed by atoms with E-state index in [9.17, 15) is 14.4 Å². The Balaban J connectivity index is 1.53. The number of nitrogens with one attached hydrogen (secondary N) is 1. The summed E-state index contributed by atoms with van der Waals surface area (Å²) < 4.78 is 11.9. The van der Waals surface area contributed by atoms with Crippen LogP contribution in [-0.4, -0.2) is 52.3 Å². The van der Waals surface area contributed by atoms with Gasteiger partial charge in [0.05, 0.1) is 6.54 Å². The molecule has 2 aromatic rings. The van der Waals surface area contributed by atoms with Crippen molar-refractivity contribution in [3.63, 3.8) is 0 Å². The summed E-state index contributed by atoms with van der Waals surface area (Å²) in [4.78, 5) is 35.9. The second kappa shape index (κ2) is 6.34. The van der Waals surface area contributed by atoms with Crippen molar-refractivity contribution in [3.05, 3.63) is 42.1 Å². The summed E-state index contributed by atoms with van der Waals surface area (Å²) in [6.45, 7) is 0.534. The Morgan fingerprint density at radius 3 is 2.96 bits per heavy atom. The number of amides is 3. The average molecular weight is 318 g/mol. The third-order valence-corrected chi connectivity index (χ3v) is 3.22. The average Bonchev–Trinajstić information content (AvgIpc) is 3.27. The van der Waals surface area contributed by atoms with E-state index in [0.29, 0.717) is 18.8 Å². The van der Waals surface area contributed by atoms with Crippen LogP contribution in [0.2, 0.25) is 0 Å². The lowest BCUT2D eigenvalue weighted by molar-refractivity contribution is -0.130. The second-order valence-corrected chi connectivity index (χ2v) is 4.82. The number of furan rings is 1. The third-order valence-electron chi connectivity index (χ3n) is 3.22. The van der Waals surface area contributed by atoms with E-state index in [2.05, 4.69) is 10.4 Å². The summed E-state index contributed by atoms with van der Waals surface area (Å²) in [5.41, 5.74) is 0. The molecular formula is C14H14N4O5. The second-order valence-electron chi connectivity index (χ2n) is 4.82. The monoisotopic (exact) mass is 318 g/mol. The highest BCUT2D eigenvalue weighted by molar-refractivity contribution is 5.97. The Hall–Kier alpha value is -3.10. The van der Waals surface area contributed by atoms with Crippen LogP contribution < -0.4 is 5.32 Å². The highest BCUT2D eigenvalue weighted by Gasteiger charge is 2.27. The predicted octanol–water partition coefficient (Wildman–Crippen LogP) is 0.233. The number of carbonyl (C=O) groups excluding carboxylic acids is 3. The van der Waals surface area contributed by atoms with Crippen LogP contribution in [0.15, 0.2) is 35.0 Å². The highest BCUT2D eigenvalue weighted by Crippen LogP contribution is 2.11.